The van der Waals surface area contributed by atoms with E-state index in [-0.39, 0.29) is 28.7 Å². The molecule has 0 amide bonds. The third-order valence-corrected chi connectivity index (χ3v) is 5.88. The lowest BCUT2D eigenvalue weighted by molar-refractivity contribution is -0.684. The lowest BCUT2D eigenvalue weighted by atomic mass is 10.1. The van der Waals surface area contributed by atoms with Gasteiger partial charge in [0.2, 0.25) is 17.8 Å². The highest BCUT2D eigenvalue weighted by molar-refractivity contribution is 9.10. The van der Waals surface area contributed by atoms with Crippen LogP contribution in [0.25, 0.3) is 0 Å². The highest BCUT2D eigenvalue weighted by Gasteiger charge is 2.19. The molecule has 0 fully saturated rings. The van der Waals surface area contributed by atoms with Crippen molar-refractivity contribution in [2.75, 3.05) is 6.61 Å². The quantitative estimate of drug-likeness (QED) is 0.266. The van der Waals surface area contributed by atoms with Crippen LogP contribution in [0.5, 0.6) is 0 Å². The van der Waals surface area contributed by atoms with Gasteiger partial charge in [-0.1, -0.05) is 57.6 Å². The molecule has 0 saturated carbocycles. The fraction of sp³-hybridized carbons (Fsp3) is 0.190. The first-order chi connectivity index (χ1) is 13.0. The summed E-state index contributed by atoms with van der Waals surface area (Å²) >= 11 is 4.95. The average molecular weight is 525 g/mol. The first kappa shape index (κ1) is 22.5. The molecule has 0 spiro atoms. The molecule has 7 heteroatoms. The van der Waals surface area contributed by atoms with Crippen molar-refractivity contribution < 1.29 is 35.9 Å². The largest absolute Gasteiger partial charge is 1.00 e. The Labute approximate surface area is 187 Å². The number of carbonyl (C=O) groups is 2. The molecule has 3 aromatic rings. The van der Waals surface area contributed by atoms with E-state index in [1.54, 1.807) is 23.5 Å². The second-order valence-corrected chi connectivity index (χ2v) is 7.90. The van der Waals surface area contributed by atoms with E-state index < -0.39 is 0 Å². The number of hydrogen-bond donors (Lipinski definition) is 0. The van der Waals surface area contributed by atoms with E-state index >= 15 is 0 Å². The molecule has 0 aliphatic carbocycles. The number of thiazole rings is 1. The van der Waals surface area contributed by atoms with Crippen molar-refractivity contribution in [3.05, 3.63) is 86.3 Å². The SMILES string of the molecule is Cc1c(CCOC(=O)c2ccccc2)sc[n+]1CC(=O)c1ccc(Br)cc1.[Br-]. The Kier molecular flexibility index (Phi) is 8.54. The maximum absolute atomic E-state index is 12.4. The van der Waals surface area contributed by atoms with Crippen molar-refractivity contribution in [1.82, 2.24) is 0 Å². The van der Waals surface area contributed by atoms with Gasteiger partial charge in [0.15, 0.2) is 5.69 Å². The van der Waals surface area contributed by atoms with Crippen LogP contribution in [-0.4, -0.2) is 18.4 Å². The standard InChI is InChI=1S/C21H19BrNO3S.BrH/c1-15-20(11-12-26-21(25)17-5-3-2-4-6-17)27-14-23(15)13-19(24)16-7-9-18(22)10-8-16;/h2-10,14H,11-13H2,1H3;1H/q+1;/p-1. The molecule has 1 heterocycles. The Balaban J connectivity index is 0.00000280. The number of nitrogens with zero attached hydrogens (tertiary/aromatic N) is 1. The van der Waals surface area contributed by atoms with Crippen molar-refractivity contribution >= 4 is 39.0 Å². The van der Waals surface area contributed by atoms with Crippen LogP contribution >= 0.6 is 27.3 Å². The molecule has 0 radical (unpaired) electrons. The van der Waals surface area contributed by atoms with Crippen molar-refractivity contribution in [3.63, 3.8) is 0 Å². The van der Waals surface area contributed by atoms with Gasteiger partial charge in [0.1, 0.15) is 0 Å². The number of benzene rings is 2. The maximum Gasteiger partial charge on any atom is 0.338 e. The van der Waals surface area contributed by atoms with Gasteiger partial charge in [-0.2, -0.15) is 4.57 Å². The average Bonchev–Trinajstić information content (AvgIpc) is 3.02. The third-order valence-electron chi connectivity index (χ3n) is 4.21. The van der Waals surface area contributed by atoms with E-state index in [9.17, 15) is 9.59 Å². The number of ketones is 1. The van der Waals surface area contributed by atoms with Gasteiger partial charge in [0.25, 0.3) is 0 Å². The zero-order valence-corrected chi connectivity index (χ0v) is 19.2. The summed E-state index contributed by atoms with van der Waals surface area (Å²) in [5, 5.41) is 0. The molecule has 0 bridgehead atoms. The number of esters is 1. The van der Waals surface area contributed by atoms with Gasteiger partial charge >= 0.3 is 5.97 Å². The molecule has 1 aromatic heterocycles. The summed E-state index contributed by atoms with van der Waals surface area (Å²) in [6.45, 7) is 2.60. The number of rotatable bonds is 7. The van der Waals surface area contributed by atoms with Crippen molar-refractivity contribution in [2.45, 2.75) is 19.9 Å². The first-order valence-electron chi connectivity index (χ1n) is 8.52. The highest BCUT2D eigenvalue weighted by atomic mass is 79.9. The van der Waals surface area contributed by atoms with Crippen molar-refractivity contribution in [3.8, 4) is 0 Å². The molecule has 0 aliphatic heterocycles. The molecule has 0 unspecified atom stereocenters. The van der Waals surface area contributed by atoms with Crippen molar-refractivity contribution in [2.24, 2.45) is 0 Å². The summed E-state index contributed by atoms with van der Waals surface area (Å²) < 4.78 is 8.24. The summed E-state index contributed by atoms with van der Waals surface area (Å²) in [7, 11) is 0. The molecule has 146 valence electrons. The smallest absolute Gasteiger partial charge is 0.338 e. The van der Waals surface area contributed by atoms with Gasteiger partial charge in [-0.05, 0) is 24.3 Å². The number of Topliss-reactive ketones (excluding diaryl/α,β-unsaturated/α-hetero) is 1. The van der Waals surface area contributed by atoms with E-state index in [1.807, 2.05) is 59.5 Å². The molecule has 3 rings (SSSR count). The van der Waals surface area contributed by atoms with Crippen LogP contribution in [-0.2, 0) is 17.7 Å². The van der Waals surface area contributed by atoms with Crippen LogP contribution in [0.4, 0.5) is 0 Å². The summed E-state index contributed by atoms with van der Waals surface area (Å²) in [5.74, 6) is -0.251. The number of aromatic nitrogens is 1. The van der Waals surface area contributed by atoms with Crippen LogP contribution in [0.15, 0.2) is 64.6 Å². The van der Waals surface area contributed by atoms with E-state index in [1.165, 1.54) is 0 Å². The first-order valence-corrected chi connectivity index (χ1v) is 10.2. The fourth-order valence-corrected chi connectivity index (χ4v) is 3.86. The fourth-order valence-electron chi connectivity index (χ4n) is 2.62. The maximum atomic E-state index is 12.4. The van der Waals surface area contributed by atoms with Gasteiger partial charge in [0.05, 0.1) is 17.0 Å². The minimum atomic E-state index is -0.317. The molecular formula is C21H19Br2NO3S. The number of halogens is 2. The van der Waals surface area contributed by atoms with E-state index in [4.69, 9.17) is 4.74 Å². The van der Waals surface area contributed by atoms with Crippen LogP contribution in [0, 0.1) is 6.92 Å². The molecular weight excluding hydrogens is 506 g/mol. The lowest BCUT2D eigenvalue weighted by Gasteiger charge is -2.03. The Morgan fingerprint density at radius 1 is 1.04 bits per heavy atom. The summed E-state index contributed by atoms with van der Waals surface area (Å²) in [6.07, 6.45) is 0.633. The van der Waals surface area contributed by atoms with Crippen LogP contribution < -0.4 is 21.5 Å². The second kappa shape index (κ2) is 10.6. The normalized spacial score (nSPS) is 10.2. The minimum absolute atomic E-state index is 0. The second-order valence-electron chi connectivity index (χ2n) is 6.04. The predicted molar refractivity (Wildman–Crippen MR) is 108 cm³/mol. The molecule has 4 nitrogen and oxygen atoms in total. The molecule has 0 saturated heterocycles. The minimum Gasteiger partial charge on any atom is -1.00 e. The summed E-state index contributed by atoms with van der Waals surface area (Å²) in [6, 6.07) is 16.3. The van der Waals surface area contributed by atoms with Gasteiger partial charge in [-0.25, -0.2) is 4.79 Å². The molecule has 28 heavy (non-hydrogen) atoms. The van der Waals surface area contributed by atoms with Gasteiger partial charge in [0, 0.05) is 23.4 Å². The van der Waals surface area contributed by atoms with Gasteiger partial charge < -0.3 is 21.7 Å². The lowest BCUT2D eigenvalue weighted by Crippen LogP contribution is -3.00. The number of ether oxygens (including phenoxy) is 1. The Morgan fingerprint density at radius 2 is 1.71 bits per heavy atom. The summed E-state index contributed by atoms with van der Waals surface area (Å²) in [5.41, 5.74) is 4.21. The van der Waals surface area contributed by atoms with E-state index in [0.717, 1.165) is 15.0 Å². The zero-order chi connectivity index (χ0) is 19.2. The van der Waals surface area contributed by atoms with Crippen molar-refractivity contribution in [1.29, 1.82) is 0 Å². The number of hydrogen-bond acceptors (Lipinski definition) is 4. The molecule has 0 aliphatic rings. The van der Waals surface area contributed by atoms with Crippen LogP contribution in [0.1, 0.15) is 31.3 Å². The Hall–Kier alpha value is -1.83. The van der Waals surface area contributed by atoms with E-state index in [0.29, 0.717) is 30.7 Å². The highest BCUT2D eigenvalue weighted by Crippen LogP contribution is 2.14. The molecule has 2 aromatic carbocycles. The topological polar surface area (TPSA) is 47.2 Å². The monoisotopic (exact) mass is 523 g/mol. The van der Waals surface area contributed by atoms with Crippen LogP contribution in [0.2, 0.25) is 0 Å². The molecule has 0 atom stereocenters. The zero-order valence-electron chi connectivity index (χ0n) is 15.2. The van der Waals surface area contributed by atoms with Gasteiger partial charge in [-0.3, -0.25) is 4.79 Å². The van der Waals surface area contributed by atoms with Gasteiger partial charge in [-0.15, -0.1) is 0 Å². The Bertz CT molecular complexity index is 940. The predicted octanol–water partition coefficient (Wildman–Crippen LogP) is 1.39. The number of carbonyl (C=O) groups excluding carboxylic acids is 2. The Morgan fingerprint density at radius 3 is 2.39 bits per heavy atom. The third kappa shape index (κ3) is 5.83. The van der Waals surface area contributed by atoms with Crippen LogP contribution in [0.3, 0.4) is 0 Å². The summed E-state index contributed by atoms with van der Waals surface area (Å²) in [4.78, 5) is 25.5. The molecule has 0 N–H and O–H groups in total. The van der Waals surface area contributed by atoms with E-state index in [2.05, 4.69) is 15.9 Å².